The standard InChI is InChI=1S/C18H26N4O/c1-15-19-16(2)22(20-15)14-18-13-21(11-12-23-18)10-6-9-17-7-4-3-5-8-17/h3-5,7-8,18H,6,9-14H2,1-2H3/t18-/m1/s1. The Labute approximate surface area is 138 Å². The summed E-state index contributed by atoms with van der Waals surface area (Å²) < 4.78 is 7.88. The van der Waals surface area contributed by atoms with E-state index in [4.69, 9.17) is 4.74 Å². The quantitative estimate of drug-likeness (QED) is 0.820. The number of benzene rings is 1. The lowest BCUT2D eigenvalue weighted by molar-refractivity contribution is -0.0379. The highest BCUT2D eigenvalue weighted by Gasteiger charge is 2.21. The first-order valence-corrected chi connectivity index (χ1v) is 8.46. The van der Waals surface area contributed by atoms with E-state index in [1.807, 2.05) is 18.5 Å². The molecule has 1 aliphatic heterocycles. The molecular formula is C18H26N4O. The van der Waals surface area contributed by atoms with Crippen LogP contribution >= 0.6 is 0 Å². The molecule has 2 aromatic rings. The van der Waals surface area contributed by atoms with Crippen molar-refractivity contribution < 1.29 is 4.74 Å². The fraction of sp³-hybridized carbons (Fsp3) is 0.556. The summed E-state index contributed by atoms with van der Waals surface area (Å²) in [5, 5.41) is 4.44. The molecule has 0 unspecified atom stereocenters. The van der Waals surface area contributed by atoms with E-state index >= 15 is 0 Å². The molecule has 2 heterocycles. The molecule has 3 rings (SSSR count). The Morgan fingerprint density at radius 3 is 2.78 bits per heavy atom. The van der Waals surface area contributed by atoms with Crippen LogP contribution in [-0.2, 0) is 17.7 Å². The number of nitrogens with zero attached hydrogens (tertiary/aromatic N) is 4. The minimum atomic E-state index is 0.209. The topological polar surface area (TPSA) is 43.2 Å². The Bertz CT molecular complexity index is 611. The number of hydrogen-bond donors (Lipinski definition) is 0. The molecule has 5 nitrogen and oxygen atoms in total. The van der Waals surface area contributed by atoms with Crippen LogP contribution in [0.5, 0.6) is 0 Å². The summed E-state index contributed by atoms with van der Waals surface area (Å²) >= 11 is 0. The third-order valence-corrected chi connectivity index (χ3v) is 4.34. The monoisotopic (exact) mass is 314 g/mol. The molecule has 0 aliphatic carbocycles. The maximum Gasteiger partial charge on any atom is 0.147 e. The van der Waals surface area contributed by atoms with Gasteiger partial charge in [-0.2, -0.15) is 5.10 Å². The zero-order valence-corrected chi connectivity index (χ0v) is 14.1. The summed E-state index contributed by atoms with van der Waals surface area (Å²) in [6.45, 7) is 8.67. The van der Waals surface area contributed by atoms with E-state index in [1.165, 1.54) is 12.0 Å². The maximum absolute atomic E-state index is 5.91. The lowest BCUT2D eigenvalue weighted by Gasteiger charge is -2.33. The second-order valence-corrected chi connectivity index (χ2v) is 6.27. The van der Waals surface area contributed by atoms with Gasteiger partial charge in [-0.15, -0.1) is 0 Å². The summed E-state index contributed by atoms with van der Waals surface area (Å²) in [4.78, 5) is 6.87. The maximum atomic E-state index is 5.91. The van der Waals surface area contributed by atoms with Crippen LogP contribution < -0.4 is 0 Å². The van der Waals surface area contributed by atoms with Crippen LogP contribution in [0.2, 0.25) is 0 Å². The number of rotatable bonds is 6. The number of morpholine rings is 1. The van der Waals surface area contributed by atoms with Crippen LogP contribution in [-0.4, -0.2) is 52.0 Å². The van der Waals surface area contributed by atoms with Gasteiger partial charge in [-0.05, 0) is 38.8 Å². The van der Waals surface area contributed by atoms with Gasteiger partial charge in [0.2, 0.25) is 0 Å². The lowest BCUT2D eigenvalue weighted by Crippen LogP contribution is -2.44. The van der Waals surface area contributed by atoms with Crippen molar-refractivity contribution in [3.8, 4) is 0 Å². The van der Waals surface area contributed by atoms with E-state index in [-0.39, 0.29) is 6.10 Å². The summed E-state index contributed by atoms with van der Waals surface area (Å²) in [5.74, 6) is 1.80. The van der Waals surface area contributed by atoms with Gasteiger partial charge in [-0.1, -0.05) is 30.3 Å². The van der Waals surface area contributed by atoms with Crippen LogP contribution in [0.15, 0.2) is 30.3 Å². The van der Waals surface area contributed by atoms with E-state index in [9.17, 15) is 0 Å². The van der Waals surface area contributed by atoms with Gasteiger partial charge in [-0.25, -0.2) is 9.67 Å². The van der Waals surface area contributed by atoms with E-state index in [1.54, 1.807) is 0 Å². The molecule has 0 amide bonds. The number of aryl methyl sites for hydroxylation is 3. The van der Waals surface area contributed by atoms with Crippen molar-refractivity contribution in [2.75, 3.05) is 26.2 Å². The van der Waals surface area contributed by atoms with Crippen LogP contribution in [0.4, 0.5) is 0 Å². The van der Waals surface area contributed by atoms with E-state index in [0.717, 1.165) is 50.9 Å². The molecule has 1 aromatic carbocycles. The van der Waals surface area contributed by atoms with Gasteiger partial charge >= 0.3 is 0 Å². The zero-order chi connectivity index (χ0) is 16.1. The Kier molecular flexibility index (Phi) is 5.41. The Balaban J connectivity index is 1.45. The summed E-state index contributed by atoms with van der Waals surface area (Å²) in [5.41, 5.74) is 1.42. The van der Waals surface area contributed by atoms with Gasteiger partial charge in [0.1, 0.15) is 11.6 Å². The molecule has 1 aliphatic rings. The van der Waals surface area contributed by atoms with Crippen molar-refractivity contribution in [2.24, 2.45) is 0 Å². The smallest absolute Gasteiger partial charge is 0.147 e. The largest absolute Gasteiger partial charge is 0.374 e. The third-order valence-electron chi connectivity index (χ3n) is 4.34. The van der Waals surface area contributed by atoms with Crippen molar-refractivity contribution in [1.29, 1.82) is 0 Å². The highest BCUT2D eigenvalue weighted by Crippen LogP contribution is 2.10. The molecule has 0 spiro atoms. The molecule has 23 heavy (non-hydrogen) atoms. The Hall–Kier alpha value is -1.72. The van der Waals surface area contributed by atoms with Crippen molar-refractivity contribution in [2.45, 2.75) is 39.3 Å². The normalized spacial score (nSPS) is 19.1. The average Bonchev–Trinajstić information content (AvgIpc) is 2.86. The van der Waals surface area contributed by atoms with E-state index < -0.39 is 0 Å². The molecule has 0 saturated carbocycles. The van der Waals surface area contributed by atoms with Gasteiger partial charge in [0.15, 0.2) is 0 Å². The second kappa shape index (κ2) is 7.70. The summed E-state index contributed by atoms with van der Waals surface area (Å²) in [7, 11) is 0. The molecular weight excluding hydrogens is 288 g/mol. The minimum Gasteiger partial charge on any atom is -0.374 e. The fourth-order valence-electron chi connectivity index (χ4n) is 3.17. The first-order chi connectivity index (χ1) is 11.2. The van der Waals surface area contributed by atoms with Gasteiger partial charge < -0.3 is 4.74 Å². The van der Waals surface area contributed by atoms with Gasteiger partial charge in [0, 0.05) is 13.1 Å². The van der Waals surface area contributed by atoms with Gasteiger partial charge in [0.25, 0.3) is 0 Å². The molecule has 1 atom stereocenters. The third kappa shape index (κ3) is 4.62. The second-order valence-electron chi connectivity index (χ2n) is 6.27. The molecule has 1 aromatic heterocycles. The van der Waals surface area contributed by atoms with Crippen LogP contribution in [0.1, 0.15) is 23.6 Å². The first kappa shape index (κ1) is 16.1. The van der Waals surface area contributed by atoms with Crippen molar-refractivity contribution >= 4 is 0 Å². The van der Waals surface area contributed by atoms with Gasteiger partial charge in [0.05, 0.1) is 19.3 Å². The van der Waals surface area contributed by atoms with Crippen molar-refractivity contribution in [3.05, 3.63) is 47.5 Å². The summed E-state index contributed by atoms with van der Waals surface area (Å²) in [6, 6.07) is 10.7. The lowest BCUT2D eigenvalue weighted by atomic mass is 10.1. The highest BCUT2D eigenvalue weighted by molar-refractivity contribution is 5.14. The van der Waals surface area contributed by atoms with Gasteiger partial charge in [-0.3, -0.25) is 4.90 Å². The summed E-state index contributed by atoms with van der Waals surface area (Å²) in [6.07, 6.45) is 2.54. The van der Waals surface area contributed by atoms with Crippen molar-refractivity contribution in [1.82, 2.24) is 19.7 Å². The Morgan fingerprint density at radius 2 is 2.04 bits per heavy atom. The van der Waals surface area contributed by atoms with Crippen LogP contribution in [0.3, 0.4) is 0 Å². The predicted molar refractivity (Wildman–Crippen MR) is 90.4 cm³/mol. The molecule has 1 fully saturated rings. The van der Waals surface area contributed by atoms with Crippen LogP contribution in [0, 0.1) is 13.8 Å². The van der Waals surface area contributed by atoms with Crippen LogP contribution in [0.25, 0.3) is 0 Å². The SMILES string of the molecule is Cc1nc(C)n(C[C@H]2CN(CCCc3ccccc3)CCO2)n1. The zero-order valence-electron chi connectivity index (χ0n) is 14.1. The molecule has 0 radical (unpaired) electrons. The highest BCUT2D eigenvalue weighted by atomic mass is 16.5. The fourth-order valence-corrected chi connectivity index (χ4v) is 3.17. The number of hydrogen-bond acceptors (Lipinski definition) is 4. The molecule has 0 bridgehead atoms. The molecule has 0 N–H and O–H groups in total. The molecule has 124 valence electrons. The number of aromatic nitrogens is 3. The van der Waals surface area contributed by atoms with E-state index in [2.05, 4.69) is 45.3 Å². The number of ether oxygens (including phenoxy) is 1. The van der Waals surface area contributed by atoms with E-state index in [0.29, 0.717) is 0 Å². The average molecular weight is 314 g/mol. The molecule has 1 saturated heterocycles. The Morgan fingerprint density at radius 1 is 1.22 bits per heavy atom. The minimum absolute atomic E-state index is 0.209. The predicted octanol–water partition coefficient (Wildman–Crippen LogP) is 2.23. The molecule has 5 heteroatoms. The first-order valence-electron chi connectivity index (χ1n) is 8.46. The van der Waals surface area contributed by atoms with Crippen molar-refractivity contribution in [3.63, 3.8) is 0 Å².